The molecule has 0 saturated heterocycles. The van der Waals surface area contributed by atoms with Crippen molar-refractivity contribution in [2.45, 2.75) is 79.3 Å². The van der Waals surface area contributed by atoms with Gasteiger partial charge in [-0.1, -0.05) is 47.5 Å². The van der Waals surface area contributed by atoms with E-state index in [4.69, 9.17) is 0 Å². The smallest absolute Gasteiger partial charge is 0.0220 e. The maximum atomic E-state index is 3.68. The summed E-state index contributed by atoms with van der Waals surface area (Å²) in [6.45, 7) is 17.4. The van der Waals surface area contributed by atoms with Crippen LogP contribution in [0.1, 0.15) is 67.2 Å². The molecule has 0 aliphatic rings. The Kier molecular flexibility index (Phi) is 10.8. The third kappa shape index (κ3) is 6.75. The van der Waals surface area contributed by atoms with Gasteiger partial charge in [-0.3, -0.25) is 4.90 Å². The van der Waals surface area contributed by atoms with Crippen LogP contribution in [0, 0.1) is 5.92 Å². The van der Waals surface area contributed by atoms with Gasteiger partial charge in [-0.15, -0.1) is 0 Å². The molecule has 0 radical (unpaired) electrons. The molecule has 2 heteroatoms. The SMILES string of the molecule is CCCCN(CC(NCC)C(C)CC)C(C)CC. The lowest BCUT2D eigenvalue weighted by Crippen LogP contribution is -2.47. The van der Waals surface area contributed by atoms with Crippen molar-refractivity contribution in [1.82, 2.24) is 10.2 Å². The molecule has 3 unspecified atom stereocenters. The second kappa shape index (κ2) is 10.8. The predicted molar refractivity (Wildman–Crippen MR) is 83.2 cm³/mol. The van der Waals surface area contributed by atoms with Gasteiger partial charge in [0, 0.05) is 18.6 Å². The highest BCUT2D eigenvalue weighted by atomic mass is 15.2. The summed E-state index contributed by atoms with van der Waals surface area (Å²) in [4.78, 5) is 2.68. The molecule has 0 aliphatic heterocycles. The molecule has 1 N–H and O–H groups in total. The summed E-state index contributed by atoms with van der Waals surface area (Å²) in [5.41, 5.74) is 0. The molecule has 0 bridgehead atoms. The number of hydrogen-bond donors (Lipinski definition) is 1. The Labute approximate surface area is 116 Å². The van der Waals surface area contributed by atoms with E-state index in [1.807, 2.05) is 0 Å². The minimum atomic E-state index is 0.644. The van der Waals surface area contributed by atoms with Crippen molar-refractivity contribution in [2.24, 2.45) is 5.92 Å². The lowest BCUT2D eigenvalue weighted by Gasteiger charge is -2.34. The molecule has 18 heavy (non-hydrogen) atoms. The summed E-state index contributed by atoms with van der Waals surface area (Å²) >= 11 is 0. The lowest BCUT2D eigenvalue weighted by atomic mass is 9.97. The molecule has 0 aromatic rings. The van der Waals surface area contributed by atoms with Gasteiger partial charge >= 0.3 is 0 Å². The van der Waals surface area contributed by atoms with Crippen molar-refractivity contribution >= 4 is 0 Å². The highest BCUT2D eigenvalue weighted by Gasteiger charge is 2.20. The molecule has 0 aromatic heterocycles. The van der Waals surface area contributed by atoms with E-state index in [1.54, 1.807) is 0 Å². The van der Waals surface area contributed by atoms with Crippen LogP contribution in [-0.2, 0) is 0 Å². The van der Waals surface area contributed by atoms with Crippen molar-refractivity contribution in [3.8, 4) is 0 Å². The highest BCUT2D eigenvalue weighted by Crippen LogP contribution is 2.13. The molecule has 0 heterocycles. The standard InChI is InChI=1S/C16H36N2/c1-7-11-12-18(15(6)9-3)13-16(17-10-4)14(5)8-2/h14-17H,7-13H2,1-6H3. The third-order valence-electron chi connectivity index (χ3n) is 4.24. The van der Waals surface area contributed by atoms with Crippen LogP contribution in [-0.4, -0.2) is 36.6 Å². The van der Waals surface area contributed by atoms with E-state index < -0.39 is 0 Å². The number of unbranched alkanes of at least 4 members (excludes halogenated alkanes) is 1. The fourth-order valence-corrected chi connectivity index (χ4v) is 2.36. The van der Waals surface area contributed by atoms with E-state index in [0.29, 0.717) is 12.1 Å². The normalized spacial score (nSPS) is 16.8. The van der Waals surface area contributed by atoms with E-state index in [0.717, 1.165) is 12.5 Å². The van der Waals surface area contributed by atoms with Crippen LogP contribution < -0.4 is 5.32 Å². The molecule has 110 valence electrons. The molecule has 0 amide bonds. The number of rotatable bonds is 11. The summed E-state index contributed by atoms with van der Waals surface area (Å²) in [6, 6.07) is 1.35. The third-order valence-corrected chi connectivity index (χ3v) is 4.24. The molecule has 2 nitrogen and oxygen atoms in total. The van der Waals surface area contributed by atoms with Gasteiger partial charge in [0.15, 0.2) is 0 Å². The Hall–Kier alpha value is -0.0800. The lowest BCUT2D eigenvalue weighted by molar-refractivity contribution is 0.161. The zero-order chi connectivity index (χ0) is 14.0. The van der Waals surface area contributed by atoms with Crippen molar-refractivity contribution < 1.29 is 0 Å². The summed E-state index contributed by atoms with van der Waals surface area (Å²) in [5.74, 6) is 0.762. The fourth-order valence-electron chi connectivity index (χ4n) is 2.36. The fraction of sp³-hybridized carbons (Fsp3) is 1.00. The van der Waals surface area contributed by atoms with Gasteiger partial charge in [0.25, 0.3) is 0 Å². The highest BCUT2D eigenvalue weighted by molar-refractivity contribution is 4.78. The van der Waals surface area contributed by atoms with Gasteiger partial charge in [-0.05, 0) is 38.8 Å². The maximum absolute atomic E-state index is 3.68. The van der Waals surface area contributed by atoms with Crippen LogP contribution in [0.25, 0.3) is 0 Å². The van der Waals surface area contributed by atoms with Gasteiger partial charge in [0.2, 0.25) is 0 Å². The minimum absolute atomic E-state index is 0.644. The number of likely N-dealkylation sites (N-methyl/N-ethyl adjacent to an activating group) is 1. The first kappa shape index (κ1) is 17.9. The first-order chi connectivity index (χ1) is 8.60. The van der Waals surface area contributed by atoms with E-state index in [-0.39, 0.29) is 0 Å². The number of hydrogen-bond acceptors (Lipinski definition) is 2. The van der Waals surface area contributed by atoms with Crippen LogP contribution >= 0.6 is 0 Å². The Morgan fingerprint density at radius 3 is 2.11 bits per heavy atom. The predicted octanol–water partition coefficient (Wildman–Crippen LogP) is 3.91. The van der Waals surface area contributed by atoms with Crippen molar-refractivity contribution in [3.05, 3.63) is 0 Å². The largest absolute Gasteiger partial charge is 0.313 e. The topological polar surface area (TPSA) is 15.3 Å². The summed E-state index contributed by atoms with van der Waals surface area (Å²) in [5, 5.41) is 3.68. The second-order valence-electron chi connectivity index (χ2n) is 5.66. The Balaban J connectivity index is 4.46. The average Bonchev–Trinajstić information content (AvgIpc) is 2.40. The van der Waals surface area contributed by atoms with Crippen molar-refractivity contribution in [2.75, 3.05) is 19.6 Å². The number of nitrogens with zero attached hydrogens (tertiary/aromatic N) is 1. The Morgan fingerprint density at radius 2 is 1.67 bits per heavy atom. The minimum Gasteiger partial charge on any atom is -0.313 e. The van der Waals surface area contributed by atoms with Crippen LogP contribution in [0.2, 0.25) is 0 Å². The maximum Gasteiger partial charge on any atom is 0.0220 e. The summed E-state index contributed by atoms with van der Waals surface area (Å²) in [6.07, 6.45) is 5.13. The van der Waals surface area contributed by atoms with Crippen LogP contribution in [0.3, 0.4) is 0 Å². The molecule has 3 atom stereocenters. The summed E-state index contributed by atoms with van der Waals surface area (Å²) < 4.78 is 0. The zero-order valence-corrected chi connectivity index (χ0v) is 13.6. The quantitative estimate of drug-likeness (QED) is 0.603. The molecule has 0 aliphatic carbocycles. The number of nitrogens with one attached hydrogen (secondary N) is 1. The van der Waals surface area contributed by atoms with Gasteiger partial charge in [0.05, 0.1) is 0 Å². The van der Waals surface area contributed by atoms with E-state index in [1.165, 1.54) is 38.8 Å². The van der Waals surface area contributed by atoms with Gasteiger partial charge in [-0.25, -0.2) is 0 Å². The molecular formula is C16H36N2. The molecule has 0 aromatic carbocycles. The zero-order valence-electron chi connectivity index (χ0n) is 13.6. The van der Waals surface area contributed by atoms with Crippen LogP contribution in [0.5, 0.6) is 0 Å². The van der Waals surface area contributed by atoms with E-state index in [9.17, 15) is 0 Å². The van der Waals surface area contributed by atoms with E-state index >= 15 is 0 Å². The Bertz CT molecular complexity index is 182. The molecule has 0 rings (SSSR count). The van der Waals surface area contributed by atoms with Crippen LogP contribution in [0.4, 0.5) is 0 Å². The van der Waals surface area contributed by atoms with Gasteiger partial charge < -0.3 is 5.32 Å². The first-order valence-electron chi connectivity index (χ1n) is 8.07. The monoisotopic (exact) mass is 256 g/mol. The molecule has 0 saturated carbocycles. The van der Waals surface area contributed by atoms with E-state index in [2.05, 4.69) is 51.8 Å². The molecule has 0 fully saturated rings. The van der Waals surface area contributed by atoms with Crippen molar-refractivity contribution in [3.63, 3.8) is 0 Å². The molecular weight excluding hydrogens is 220 g/mol. The first-order valence-corrected chi connectivity index (χ1v) is 8.07. The van der Waals surface area contributed by atoms with Crippen molar-refractivity contribution in [1.29, 1.82) is 0 Å². The van der Waals surface area contributed by atoms with Gasteiger partial charge in [0.1, 0.15) is 0 Å². The van der Waals surface area contributed by atoms with Crippen LogP contribution in [0.15, 0.2) is 0 Å². The Morgan fingerprint density at radius 1 is 1.00 bits per heavy atom. The van der Waals surface area contributed by atoms with Gasteiger partial charge in [-0.2, -0.15) is 0 Å². The second-order valence-corrected chi connectivity index (χ2v) is 5.66. The summed E-state index contributed by atoms with van der Waals surface area (Å²) in [7, 11) is 0. The molecule has 0 spiro atoms. The average molecular weight is 256 g/mol.